The van der Waals surface area contributed by atoms with E-state index in [2.05, 4.69) is 42.3 Å². The molecule has 8 heteroatoms. The van der Waals surface area contributed by atoms with Crippen LogP contribution in [0.3, 0.4) is 0 Å². The van der Waals surface area contributed by atoms with E-state index in [-0.39, 0.29) is 6.04 Å². The lowest BCUT2D eigenvalue weighted by Crippen LogP contribution is -2.40. The number of hydrogen-bond acceptors (Lipinski definition) is 4. The summed E-state index contributed by atoms with van der Waals surface area (Å²) >= 11 is 0. The Bertz CT molecular complexity index is 865. The fraction of sp³-hybridized carbons (Fsp3) is 0.667. The monoisotopic (exact) mass is 418 g/mol. The predicted octanol–water partition coefficient (Wildman–Crippen LogP) is 4.07. The average Bonchev–Trinajstić information content (AvgIpc) is 3.18. The van der Waals surface area contributed by atoms with Crippen molar-refractivity contribution in [1.29, 1.82) is 5.26 Å². The highest BCUT2D eigenvalue weighted by molar-refractivity contribution is 6.83. The number of rotatable bonds is 3. The van der Waals surface area contributed by atoms with Gasteiger partial charge in [0.2, 0.25) is 0 Å². The molecule has 1 saturated heterocycles. The van der Waals surface area contributed by atoms with Crippen molar-refractivity contribution < 1.29 is 13.9 Å². The van der Waals surface area contributed by atoms with E-state index < -0.39 is 32.5 Å². The molecule has 0 unspecified atom stereocenters. The topological polar surface area (TPSA) is 71.2 Å². The number of nitrogens with zero attached hydrogens (tertiary/aromatic N) is 4. The third kappa shape index (κ3) is 5.60. The van der Waals surface area contributed by atoms with E-state index in [9.17, 15) is 14.4 Å². The summed E-state index contributed by atoms with van der Waals surface area (Å²) in [5.41, 5.74) is 4.34. The standard InChI is InChI=1S/C21H31FN4O2Si/c1-8-19-17(13-23)18(9-10-29(5,6)7)24-26(19)16-11-15(12-22)25(14-16)20(27)28-21(2,3)4/h15-16H,8,11-12,14H2,1-7H3/t15-,16-/m0/s1. The molecule has 1 aromatic rings. The van der Waals surface area contributed by atoms with Gasteiger partial charge in [-0.05, 0) is 33.6 Å². The normalized spacial score (nSPS) is 19.5. The maximum absolute atomic E-state index is 13.7. The molecule has 158 valence electrons. The van der Waals surface area contributed by atoms with Crippen molar-refractivity contribution in [1.82, 2.24) is 14.7 Å². The first kappa shape index (κ1) is 23.0. The molecular formula is C21H31FN4O2Si. The number of hydrogen-bond donors (Lipinski definition) is 0. The van der Waals surface area contributed by atoms with Crippen LogP contribution in [0.1, 0.15) is 57.1 Å². The van der Waals surface area contributed by atoms with Gasteiger partial charge >= 0.3 is 6.09 Å². The zero-order chi connectivity index (χ0) is 22.0. The van der Waals surface area contributed by atoms with Crippen molar-refractivity contribution in [3.8, 4) is 17.5 Å². The number of likely N-dealkylation sites (tertiary alicyclic amines) is 1. The van der Waals surface area contributed by atoms with E-state index in [0.29, 0.717) is 30.6 Å². The molecule has 1 fully saturated rings. The molecule has 2 atom stereocenters. The van der Waals surface area contributed by atoms with Crippen LogP contribution in [-0.4, -0.2) is 53.7 Å². The summed E-state index contributed by atoms with van der Waals surface area (Å²) in [5, 5.41) is 14.3. The summed E-state index contributed by atoms with van der Waals surface area (Å²) in [6.07, 6.45) is 0.510. The van der Waals surface area contributed by atoms with Gasteiger partial charge in [-0.3, -0.25) is 4.68 Å². The highest BCUT2D eigenvalue weighted by atomic mass is 28.3. The Hall–Kier alpha value is -2.32. The molecule has 2 rings (SSSR count). The van der Waals surface area contributed by atoms with E-state index in [1.807, 2.05) is 6.92 Å². The van der Waals surface area contributed by atoms with Crippen LogP contribution in [0, 0.1) is 22.8 Å². The Kier molecular flexibility index (Phi) is 6.80. The van der Waals surface area contributed by atoms with Crippen LogP contribution in [0.15, 0.2) is 0 Å². The molecule has 0 radical (unpaired) electrons. The lowest BCUT2D eigenvalue weighted by atomic mass is 10.1. The number of amides is 1. The molecule has 0 saturated carbocycles. The molecule has 2 heterocycles. The zero-order valence-electron chi connectivity index (χ0n) is 18.5. The van der Waals surface area contributed by atoms with Gasteiger partial charge in [0.1, 0.15) is 32.0 Å². The van der Waals surface area contributed by atoms with Crippen LogP contribution in [0.4, 0.5) is 9.18 Å². The molecule has 1 aliphatic heterocycles. The number of nitriles is 1. The van der Waals surface area contributed by atoms with Gasteiger partial charge in [0.05, 0.1) is 17.8 Å². The van der Waals surface area contributed by atoms with Crippen LogP contribution >= 0.6 is 0 Å². The van der Waals surface area contributed by atoms with Crippen molar-refractivity contribution in [3.63, 3.8) is 0 Å². The first-order chi connectivity index (χ1) is 13.4. The number of alkyl halides is 1. The first-order valence-electron chi connectivity index (χ1n) is 10.0. The number of aromatic nitrogens is 2. The molecule has 0 aromatic carbocycles. The second kappa shape index (κ2) is 8.58. The van der Waals surface area contributed by atoms with Crippen LogP contribution < -0.4 is 0 Å². The van der Waals surface area contributed by atoms with Gasteiger partial charge in [0.15, 0.2) is 5.69 Å². The van der Waals surface area contributed by atoms with Gasteiger partial charge in [-0.15, -0.1) is 5.54 Å². The highest BCUT2D eigenvalue weighted by Gasteiger charge is 2.39. The highest BCUT2D eigenvalue weighted by Crippen LogP contribution is 2.31. The second-order valence-electron chi connectivity index (χ2n) is 9.41. The molecule has 29 heavy (non-hydrogen) atoms. The molecule has 0 N–H and O–H groups in total. The van der Waals surface area contributed by atoms with Crippen LogP contribution in [0.5, 0.6) is 0 Å². The van der Waals surface area contributed by atoms with E-state index in [4.69, 9.17) is 4.74 Å². The Balaban J connectivity index is 2.39. The lowest BCUT2D eigenvalue weighted by Gasteiger charge is -2.27. The summed E-state index contributed by atoms with van der Waals surface area (Å²) < 4.78 is 20.9. The fourth-order valence-electron chi connectivity index (χ4n) is 3.32. The van der Waals surface area contributed by atoms with E-state index in [1.165, 1.54) is 4.90 Å². The summed E-state index contributed by atoms with van der Waals surface area (Å²) in [4.78, 5) is 14.0. The third-order valence-electron chi connectivity index (χ3n) is 4.56. The van der Waals surface area contributed by atoms with Gasteiger partial charge in [-0.1, -0.05) is 32.5 Å². The van der Waals surface area contributed by atoms with Crippen molar-refractivity contribution in [3.05, 3.63) is 17.0 Å². The summed E-state index contributed by atoms with van der Waals surface area (Å²) in [7, 11) is -1.63. The molecular weight excluding hydrogens is 387 g/mol. The van der Waals surface area contributed by atoms with Gasteiger partial charge in [0.25, 0.3) is 0 Å². The summed E-state index contributed by atoms with van der Waals surface area (Å²) in [5.74, 6) is 3.09. The summed E-state index contributed by atoms with van der Waals surface area (Å²) in [6.45, 7) is 13.4. The molecule has 1 amide bonds. The minimum absolute atomic E-state index is 0.215. The number of halogens is 1. The SMILES string of the molecule is CCc1c(C#N)c(C#C[Si](C)(C)C)nn1[C@H]1C[C@@H](CF)N(C(=O)OC(C)(C)C)C1. The molecule has 0 spiro atoms. The molecule has 1 aliphatic rings. The minimum atomic E-state index is -1.63. The minimum Gasteiger partial charge on any atom is -0.444 e. The quantitative estimate of drug-likeness (QED) is 0.548. The maximum Gasteiger partial charge on any atom is 0.410 e. The predicted molar refractivity (Wildman–Crippen MR) is 113 cm³/mol. The molecule has 0 bridgehead atoms. The van der Waals surface area contributed by atoms with Crippen molar-refractivity contribution >= 4 is 14.2 Å². The smallest absolute Gasteiger partial charge is 0.410 e. The van der Waals surface area contributed by atoms with Crippen LogP contribution in [0.2, 0.25) is 19.6 Å². The van der Waals surface area contributed by atoms with Gasteiger partial charge in [0, 0.05) is 6.54 Å². The van der Waals surface area contributed by atoms with E-state index in [0.717, 1.165) is 5.69 Å². The first-order valence-corrected chi connectivity index (χ1v) is 13.5. The van der Waals surface area contributed by atoms with Gasteiger partial charge in [-0.2, -0.15) is 10.4 Å². The van der Waals surface area contributed by atoms with Crippen molar-refractivity contribution in [2.24, 2.45) is 0 Å². The zero-order valence-corrected chi connectivity index (χ0v) is 19.5. The van der Waals surface area contributed by atoms with Crippen molar-refractivity contribution in [2.45, 2.75) is 77.9 Å². The molecule has 1 aromatic heterocycles. The molecule has 0 aliphatic carbocycles. The second-order valence-corrected chi connectivity index (χ2v) is 14.2. The van der Waals surface area contributed by atoms with E-state index >= 15 is 0 Å². The third-order valence-corrected chi connectivity index (χ3v) is 5.43. The largest absolute Gasteiger partial charge is 0.444 e. The Morgan fingerprint density at radius 2 is 2.03 bits per heavy atom. The molecule has 6 nitrogen and oxygen atoms in total. The summed E-state index contributed by atoms with van der Waals surface area (Å²) in [6, 6.07) is 1.46. The average molecular weight is 419 g/mol. The van der Waals surface area contributed by atoms with Gasteiger partial charge < -0.3 is 9.64 Å². The Morgan fingerprint density at radius 1 is 1.38 bits per heavy atom. The van der Waals surface area contributed by atoms with Crippen LogP contribution in [-0.2, 0) is 11.2 Å². The van der Waals surface area contributed by atoms with Crippen molar-refractivity contribution in [2.75, 3.05) is 13.2 Å². The lowest BCUT2D eigenvalue weighted by molar-refractivity contribution is 0.0203. The fourth-order valence-corrected chi connectivity index (χ4v) is 3.81. The number of carbonyl (C=O) groups excluding carboxylic acids is 1. The van der Waals surface area contributed by atoms with E-state index in [1.54, 1.807) is 25.5 Å². The van der Waals surface area contributed by atoms with Crippen LogP contribution in [0.25, 0.3) is 0 Å². The van der Waals surface area contributed by atoms with Gasteiger partial charge in [-0.25, -0.2) is 9.18 Å². The Morgan fingerprint density at radius 3 is 2.52 bits per heavy atom. The maximum atomic E-state index is 13.7. The number of carbonyl (C=O) groups is 1. The Labute approximate surface area is 174 Å². The number of ether oxygens (including phenoxy) is 1.